The smallest absolute Gasteiger partial charge is 0.247 e. The van der Waals surface area contributed by atoms with Crippen LogP contribution in [0.15, 0.2) is 54.8 Å². The molecule has 0 saturated carbocycles. The first-order chi connectivity index (χ1) is 18.4. The minimum Gasteiger partial charge on any atom is -0.462 e. The number of allylic oxidation sites excluding steroid dienone is 1. The Morgan fingerprint density at radius 2 is 1.84 bits per heavy atom. The Labute approximate surface area is 229 Å². The highest BCUT2D eigenvalue weighted by atomic mass is 16.5. The molecule has 2 aromatic carbocycles. The highest BCUT2D eigenvalue weighted by molar-refractivity contribution is 5.79. The number of ether oxygens (including phenoxy) is 3. The first kappa shape index (κ1) is 32.8. The maximum absolute atomic E-state index is 10.9. The number of primary amides is 1. The number of nitrogens with zero attached hydrogens (tertiary/aromatic N) is 1. The molecule has 1 aliphatic rings. The molecule has 208 valence electrons. The molecule has 1 aliphatic heterocycles. The highest BCUT2D eigenvalue weighted by Gasteiger charge is 2.20. The molecular weight excluding hydrogens is 478 g/mol. The summed E-state index contributed by atoms with van der Waals surface area (Å²) in [5.74, 6) is 1.23. The van der Waals surface area contributed by atoms with E-state index in [-0.39, 0.29) is 6.10 Å². The number of amides is 1. The third-order valence-corrected chi connectivity index (χ3v) is 5.82. The molecule has 7 nitrogen and oxygen atoms in total. The number of aryl methyl sites for hydroxylation is 2. The van der Waals surface area contributed by atoms with Crippen LogP contribution in [0.2, 0.25) is 0 Å². The fourth-order valence-corrected chi connectivity index (χ4v) is 3.67. The highest BCUT2D eigenvalue weighted by Crippen LogP contribution is 2.28. The van der Waals surface area contributed by atoms with E-state index >= 15 is 0 Å². The van der Waals surface area contributed by atoms with E-state index in [1.54, 1.807) is 0 Å². The zero-order valence-corrected chi connectivity index (χ0v) is 23.7. The average molecular weight is 524 g/mol. The van der Waals surface area contributed by atoms with E-state index in [0.29, 0.717) is 26.2 Å². The topological polar surface area (TPSA) is 107 Å². The summed E-state index contributed by atoms with van der Waals surface area (Å²) in [6, 6.07) is 16.7. The van der Waals surface area contributed by atoms with Crippen LogP contribution in [0.5, 0.6) is 5.75 Å². The summed E-state index contributed by atoms with van der Waals surface area (Å²) < 4.78 is 16.5. The zero-order chi connectivity index (χ0) is 28.3. The lowest BCUT2D eigenvalue weighted by Crippen LogP contribution is -2.45. The molecule has 7 heteroatoms. The first-order valence-corrected chi connectivity index (χ1v) is 13.5. The van der Waals surface area contributed by atoms with Gasteiger partial charge in [-0.05, 0) is 61.1 Å². The number of benzene rings is 2. The van der Waals surface area contributed by atoms with E-state index in [9.17, 15) is 4.79 Å². The van der Waals surface area contributed by atoms with Gasteiger partial charge in [0, 0.05) is 32.5 Å². The Hall–Kier alpha value is -3.18. The van der Waals surface area contributed by atoms with Crippen molar-refractivity contribution >= 4 is 5.91 Å². The molecule has 0 unspecified atom stereocenters. The van der Waals surface area contributed by atoms with Gasteiger partial charge in [-0.3, -0.25) is 4.79 Å². The summed E-state index contributed by atoms with van der Waals surface area (Å²) in [4.78, 5) is 10.9. The molecule has 2 atom stereocenters. The SMILES string of the molecule is C=C(CC)Oc1ccc(-c2ccc(CCC#N)cc2)cc1C.CC.CCO[C@@H]1CCO[C@H](C(N)=O)CNC1. The van der Waals surface area contributed by atoms with Gasteiger partial charge in [0.15, 0.2) is 0 Å². The minimum atomic E-state index is -0.502. The average Bonchev–Trinajstić information content (AvgIpc) is 2.91. The Bertz CT molecular complexity index is 1000. The molecule has 3 N–H and O–H groups in total. The first-order valence-electron chi connectivity index (χ1n) is 13.5. The third kappa shape index (κ3) is 11.9. The van der Waals surface area contributed by atoms with Crippen LogP contribution in [-0.2, 0) is 20.7 Å². The van der Waals surface area contributed by atoms with Crippen LogP contribution in [0.3, 0.4) is 0 Å². The van der Waals surface area contributed by atoms with E-state index in [1.165, 1.54) is 16.7 Å². The lowest BCUT2D eigenvalue weighted by atomic mass is 10.0. The van der Waals surface area contributed by atoms with Crippen molar-refractivity contribution in [3.8, 4) is 22.9 Å². The fourth-order valence-electron chi connectivity index (χ4n) is 3.67. The van der Waals surface area contributed by atoms with Gasteiger partial charge in [0.2, 0.25) is 5.91 Å². The van der Waals surface area contributed by atoms with Crippen molar-refractivity contribution in [1.29, 1.82) is 5.26 Å². The Morgan fingerprint density at radius 3 is 2.42 bits per heavy atom. The molecule has 1 heterocycles. The van der Waals surface area contributed by atoms with E-state index in [1.807, 2.05) is 40.7 Å². The third-order valence-electron chi connectivity index (χ3n) is 5.82. The molecule has 0 bridgehead atoms. The normalized spacial score (nSPS) is 16.7. The van der Waals surface area contributed by atoms with Crippen molar-refractivity contribution in [2.75, 3.05) is 26.3 Å². The number of nitrogens with one attached hydrogen (secondary N) is 1. The molecule has 3 rings (SSSR count). The van der Waals surface area contributed by atoms with Gasteiger partial charge in [-0.15, -0.1) is 0 Å². The van der Waals surface area contributed by atoms with Gasteiger partial charge < -0.3 is 25.3 Å². The molecule has 0 aliphatic carbocycles. The quantitative estimate of drug-likeness (QED) is 0.408. The van der Waals surface area contributed by atoms with E-state index in [4.69, 9.17) is 25.2 Å². The molecule has 0 aromatic heterocycles. The van der Waals surface area contributed by atoms with E-state index < -0.39 is 12.0 Å². The number of carbonyl (C=O) groups is 1. The second-order valence-corrected chi connectivity index (χ2v) is 8.62. The molecule has 2 aromatic rings. The number of nitriles is 1. The standard InChI is InChI=1S/C20H21NO.C9H18N2O3.C2H6/c1-4-16(3)22-20-12-11-19(14-15(20)2)18-9-7-17(8-10-18)6-5-13-21;1-2-13-7-3-4-14-8(9(10)12)6-11-5-7;1-2/h7-12,14H,3-6H2,1-2H3;7-8,11H,2-6H2,1H3,(H2,10,12);1-2H3/t;7-,8+;/m.1./s1. The van der Waals surface area contributed by atoms with Crippen molar-refractivity contribution in [1.82, 2.24) is 5.32 Å². The van der Waals surface area contributed by atoms with Gasteiger partial charge in [0.25, 0.3) is 0 Å². The second kappa shape index (κ2) is 19.0. The number of hydrogen-bond donors (Lipinski definition) is 2. The van der Waals surface area contributed by atoms with Gasteiger partial charge in [-0.25, -0.2) is 0 Å². The fraction of sp³-hybridized carbons (Fsp3) is 0.484. The summed E-state index contributed by atoms with van der Waals surface area (Å²) in [5, 5.41) is 11.7. The van der Waals surface area contributed by atoms with Crippen LogP contribution >= 0.6 is 0 Å². The van der Waals surface area contributed by atoms with Gasteiger partial charge in [-0.1, -0.05) is 57.7 Å². The van der Waals surface area contributed by atoms with Gasteiger partial charge >= 0.3 is 0 Å². The van der Waals surface area contributed by atoms with Crippen molar-refractivity contribution in [3.05, 3.63) is 65.9 Å². The maximum atomic E-state index is 10.9. The number of nitrogens with two attached hydrogens (primary N) is 1. The summed E-state index contributed by atoms with van der Waals surface area (Å²) in [5.41, 5.74) is 9.78. The van der Waals surface area contributed by atoms with Crippen LogP contribution in [0.25, 0.3) is 11.1 Å². The molecule has 0 radical (unpaired) electrons. The molecular formula is C31H45N3O4. The summed E-state index contributed by atoms with van der Waals surface area (Å²) in [6.45, 7) is 16.4. The molecule has 1 saturated heterocycles. The maximum Gasteiger partial charge on any atom is 0.247 e. The van der Waals surface area contributed by atoms with Crippen molar-refractivity contribution in [3.63, 3.8) is 0 Å². The molecule has 1 amide bonds. The Morgan fingerprint density at radius 1 is 1.16 bits per heavy atom. The molecule has 38 heavy (non-hydrogen) atoms. The second-order valence-electron chi connectivity index (χ2n) is 8.62. The van der Waals surface area contributed by atoms with Crippen LogP contribution in [-0.4, -0.2) is 44.4 Å². The van der Waals surface area contributed by atoms with Crippen molar-refractivity contribution in [2.45, 2.75) is 72.5 Å². The van der Waals surface area contributed by atoms with E-state index in [0.717, 1.165) is 42.9 Å². The number of carbonyl (C=O) groups excluding carboxylic acids is 1. The summed E-state index contributed by atoms with van der Waals surface area (Å²) >= 11 is 0. The van der Waals surface area contributed by atoms with Gasteiger partial charge in [-0.2, -0.15) is 5.26 Å². The monoisotopic (exact) mass is 523 g/mol. The van der Waals surface area contributed by atoms with Crippen molar-refractivity contribution in [2.24, 2.45) is 5.73 Å². The lowest BCUT2D eigenvalue weighted by Gasteiger charge is -2.24. The van der Waals surface area contributed by atoms with Crippen LogP contribution < -0.4 is 15.8 Å². The van der Waals surface area contributed by atoms with E-state index in [2.05, 4.69) is 54.4 Å². The van der Waals surface area contributed by atoms with Gasteiger partial charge in [0.05, 0.1) is 24.5 Å². The van der Waals surface area contributed by atoms with Crippen molar-refractivity contribution < 1.29 is 19.0 Å². The zero-order valence-electron chi connectivity index (χ0n) is 23.7. The van der Waals surface area contributed by atoms with Gasteiger partial charge in [0.1, 0.15) is 11.9 Å². The summed E-state index contributed by atoms with van der Waals surface area (Å²) in [6.07, 6.45) is 2.65. The summed E-state index contributed by atoms with van der Waals surface area (Å²) in [7, 11) is 0. The Balaban J connectivity index is 0.000000389. The lowest BCUT2D eigenvalue weighted by molar-refractivity contribution is -0.130. The Kier molecular flexibility index (Phi) is 16.4. The number of rotatable bonds is 9. The minimum absolute atomic E-state index is 0.175. The van der Waals surface area contributed by atoms with Crippen LogP contribution in [0, 0.1) is 18.3 Å². The molecule has 1 fully saturated rings. The number of hydrogen-bond acceptors (Lipinski definition) is 6. The predicted octanol–water partition coefficient (Wildman–Crippen LogP) is 5.70. The predicted molar refractivity (Wildman–Crippen MR) is 154 cm³/mol. The largest absolute Gasteiger partial charge is 0.462 e. The molecule has 0 spiro atoms. The van der Waals surface area contributed by atoms with Crippen LogP contribution in [0.4, 0.5) is 0 Å². The van der Waals surface area contributed by atoms with Crippen LogP contribution in [0.1, 0.15) is 58.1 Å².